The summed E-state index contributed by atoms with van der Waals surface area (Å²) >= 11 is 0. The molecule has 56 valence electrons. The van der Waals surface area contributed by atoms with E-state index in [1.54, 1.807) is 6.92 Å². The van der Waals surface area contributed by atoms with Gasteiger partial charge in [-0.3, -0.25) is 10.1 Å². The Balaban J connectivity index is 2.55. The molecule has 0 aromatic carbocycles. The molecule has 1 N–H and O–H groups in total. The van der Waals surface area contributed by atoms with Gasteiger partial charge in [0.05, 0.1) is 0 Å². The molecule has 1 amide bonds. The summed E-state index contributed by atoms with van der Waals surface area (Å²) in [5.74, 6) is 4.75. The first-order valence-corrected chi connectivity index (χ1v) is 2.97. The maximum Gasteiger partial charge on any atom is 0.301 e. The van der Waals surface area contributed by atoms with Crippen molar-refractivity contribution in [2.45, 2.75) is 6.92 Å². The summed E-state index contributed by atoms with van der Waals surface area (Å²) in [6, 6.07) is 1.54. The lowest BCUT2D eigenvalue weighted by molar-refractivity contribution is -0.111. The van der Waals surface area contributed by atoms with Crippen molar-refractivity contribution in [3.05, 3.63) is 12.3 Å². The second-order valence-corrected chi connectivity index (χ2v) is 1.71. The quantitative estimate of drug-likeness (QED) is 0.597. The summed E-state index contributed by atoms with van der Waals surface area (Å²) in [7, 11) is 0. The highest BCUT2D eigenvalue weighted by Gasteiger charge is 1.98. The zero-order chi connectivity index (χ0) is 8.10. The highest BCUT2D eigenvalue weighted by Crippen LogP contribution is 1.99. The summed E-state index contributed by atoms with van der Waals surface area (Å²) in [6.07, 6.45) is 1.37. The van der Waals surface area contributed by atoms with E-state index in [0.717, 1.165) is 0 Å². The standard InChI is InChI=1S/C7H6N2O2/c1-2-3-7(10)8-6-4-5-11-9-6/h4-5H,1H3,(H,8,9,10). The Labute approximate surface area is 63.6 Å². The van der Waals surface area contributed by atoms with Crippen LogP contribution in [0.25, 0.3) is 0 Å². The molecule has 0 atom stereocenters. The molecule has 0 fully saturated rings. The van der Waals surface area contributed by atoms with Gasteiger partial charge in [-0.05, 0) is 12.8 Å². The first-order valence-electron chi connectivity index (χ1n) is 2.97. The minimum absolute atomic E-state index is 0.373. The van der Waals surface area contributed by atoms with Crippen LogP contribution in [0.15, 0.2) is 16.9 Å². The van der Waals surface area contributed by atoms with Crippen LogP contribution in [0.4, 0.5) is 5.82 Å². The Morgan fingerprint density at radius 2 is 2.64 bits per heavy atom. The maximum absolute atomic E-state index is 10.7. The molecule has 1 rings (SSSR count). The highest BCUT2D eigenvalue weighted by atomic mass is 16.5. The third-order valence-corrected chi connectivity index (χ3v) is 0.918. The first kappa shape index (κ1) is 7.35. The molecule has 4 nitrogen and oxygen atoms in total. The third-order valence-electron chi connectivity index (χ3n) is 0.918. The van der Waals surface area contributed by atoms with E-state index in [1.165, 1.54) is 12.3 Å². The molecule has 0 bridgehead atoms. The summed E-state index contributed by atoms with van der Waals surface area (Å²) in [6.45, 7) is 1.59. The van der Waals surface area contributed by atoms with Gasteiger partial charge in [0, 0.05) is 6.07 Å². The van der Waals surface area contributed by atoms with Crippen LogP contribution >= 0.6 is 0 Å². The van der Waals surface area contributed by atoms with E-state index in [9.17, 15) is 4.79 Å². The summed E-state index contributed by atoms with van der Waals surface area (Å²) in [5.41, 5.74) is 0. The van der Waals surface area contributed by atoms with E-state index in [-0.39, 0.29) is 5.91 Å². The fourth-order valence-electron chi connectivity index (χ4n) is 0.538. The van der Waals surface area contributed by atoms with Gasteiger partial charge in [0.25, 0.3) is 0 Å². The molecule has 4 heteroatoms. The molecular formula is C7H6N2O2. The number of nitrogens with zero attached hydrogens (tertiary/aromatic N) is 1. The molecule has 0 saturated carbocycles. The topological polar surface area (TPSA) is 55.1 Å². The molecule has 0 aliphatic heterocycles. The molecule has 0 aliphatic rings. The van der Waals surface area contributed by atoms with E-state index in [2.05, 4.69) is 26.8 Å². The second kappa shape index (κ2) is 3.42. The van der Waals surface area contributed by atoms with Gasteiger partial charge in [0.1, 0.15) is 6.26 Å². The summed E-state index contributed by atoms with van der Waals surface area (Å²) in [4.78, 5) is 10.7. The average Bonchev–Trinajstić information content (AvgIpc) is 2.40. The van der Waals surface area contributed by atoms with Gasteiger partial charge in [-0.25, -0.2) is 0 Å². The average molecular weight is 150 g/mol. The van der Waals surface area contributed by atoms with Crippen molar-refractivity contribution < 1.29 is 9.32 Å². The number of carbonyl (C=O) groups is 1. The predicted octanol–water partition coefficient (Wildman–Crippen LogP) is 0.636. The number of aromatic nitrogens is 1. The number of amides is 1. The van der Waals surface area contributed by atoms with Crippen molar-refractivity contribution in [1.29, 1.82) is 0 Å². The molecule has 0 unspecified atom stereocenters. The lowest BCUT2D eigenvalue weighted by atomic mass is 10.5. The van der Waals surface area contributed by atoms with Crippen LogP contribution in [0, 0.1) is 11.8 Å². The number of rotatable bonds is 1. The molecule has 11 heavy (non-hydrogen) atoms. The minimum atomic E-state index is -0.388. The van der Waals surface area contributed by atoms with Gasteiger partial charge in [-0.1, -0.05) is 11.1 Å². The van der Waals surface area contributed by atoms with E-state index in [1.807, 2.05) is 0 Å². The molecule has 1 aromatic heterocycles. The van der Waals surface area contributed by atoms with Crippen molar-refractivity contribution in [2.75, 3.05) is 5.32 Å². The Hall–Kier alpha value is -1.76. The fraction of sp³-hybridized carbons (Fsp3) is 0.143. The van der Waals surface area contributed by atoms with Crippen molar-refractivity contribution in [2.24, 2.45) is 0 Å². The number of anilines is 1. The van der Waals surface area contributed by atoms with Gasteiger partial charge >= 0.3 is 5.91 Å². The zero-order valence-electron chi connectivity index (χ0n) is 5.92. The molecule has 1 heterocycles. The van der Waals surface area contributed by atoms with Crippen LogP contribution in [0.2, 0.25) is 0 Å². The number of hydrogen-bond donors (Lipinski definition) is 1. The smallest absolute Gasteiger partial charge is 0.301 e. The Bertz CT molecular complexity index is 292. The van der Waals surface area contributed by atoms with Crippen molar-refractivity contribution in [3.8, 4) is 11.8 Å². The molecule has 0 saturated heterocycles. The monoisotopic (exact) mass is 150 g/mol. The van der Waals surface area contributed by atoms with Crippen LogP contribution in [0.3, 0.4) is 0 Å². The van der Waals surface area contributed by atoms with Crippen molar-refractivity contribution in [3.63, 3.8) is 0 Å². The van der Waals surface area contributed by atoms with E-state index in [4.69, 9.17) is 0 Å². The zero-order valence-corrected chi connectivity index (χ0v) is 5.92. The van der Waals surface area contributed by atoms with Gasteiger partial charge in [-0.15, -0.1) is 0 Å². The van der Waals surface area contributed by atoms with Crippen molar-refractivity contribution >= 4 is 11.7 Å². The molecule has 0 spiro atoms. The van der Waals surface area contributed by atoms with E-state index < -0.39 is 0 Å². The van der Waals surface area contributed by atoms with Crippen LogP contribution in [0.1, 0.15) is 6.92 Å². The summed E-state index contributed by atoms with van der Waals surface area (Å²) < 4.78 is 4.48. The molecule has 0 radical (unpaired) electrons. The highest BCUT2D eigenvalue weighted by molar-refractivity contribution is 6.03. The predicted molar refractivity (Wildman–Crippen MR) is 38.6 cm³/mol. The lowest BCUT2D eigenvalue weighted by Crippen LogP contribution is -2.08. The Morgan fingerprint density at radius 1 is 1.82 bits per heavy atom. The van der Waals surface area contributed by atoms with Gasteiger partial charge < -0.3 is 4.52 Å². The van der Waals surface area contributed by atoms with Crippen LogP contribution in [0.5, 0.6) is 0 Å². The van der Waals surface area contributed by atoms with E-state index in [0.29, 0.717) is 5.82 Å². The summed E-state index contributed by atoms with van der Waals surface area (Å²) in [5, 5.41) is 5.87. The lowest BCUT2D eigenvalue weighted by Gasteiger charge is -1.89. The van der Waals surface area contributed by atoms with Crippen molar-refractivity contribution in [1.82, 2.24) is 5.16 Å². The van der Waals surface area contributed by atoms with Gasteiger partial charge in [0.15, 0.2) is 5.82 Å². The molecule has 1 aromatic rings. The van der Waals surface area contributed by atoms with Gasteiger partial charge in [-0.2, -0.15) is 0 Å². The largest absolute Gasteiger partial charge is 0.363 e. The Morgan fingerprint density at radius 3 is 3.18 bits per heavy atom. The number of nitrogens with one attached hydrogen (secondary N) is 1. The maximum atomic E-state index is 10.7. The van der Waals surface area contributed by atoms with Gasteiger partial charge in [0.2, 0.25) is 0 Å². The van der Waals surface area contributed by atoms with Crippen LogP contribution in [-0.4, -0.2) is 11.1 Å². The minimum Gasteiger partial charge on any atom is -0.363 e. The first-order chi connectivity index (χ1) is 5.33. The second-order valence-electron chi connectivity index (χ2n) is 1.71. The normalized spacial score (nSPS) is 8.09. The molecular weight excluding hydrogens is 144 g/mol. The number of hydrogen-bond acceptors (Lipinski definition) is 3. The number of carbonyl (C=O) groups excluding carboxylic acids is 1. The third kappa shape index (κ3) is 2.14. The fourth-order valence-corrected chi connectivity index (χ4v) is 0.538. The van der Waals surface area contributed by atoms with Crippen LogP contribution < -0.4 is 5.32 Å². The Kier molecular flexibility index (Phi) is 2.28. The molecule has 0 aliphatic carbocycles. The van der Waals surface area contributed by atoms with Crippen LogP contribution in [-0.2, 0) is 4.79 Å². The van der Waals surface area contributed by atoms with E-state index >= 15 is 0 Å². The SMILES string of the molecule is CC#CC(=O)Nc1ccon1.